The van der Waals surface area contributed by atoms with E-state index in [0.29, 0.717) is 13.2 Å². The van der Waals surface area contributed by atoms with E-state index in [-0.39, 0.29) is 0 Å². The minimum atomic E-state index is -0.393. The number of nitrogens with zero attached hydrogens (tertiary/aromatic N) is 1. The number of nitrogens with one attached hydrogen (secondary N) is 1. The van der Waals surface area contributed by atoms with Crippen LogP contribution in [0.3, 0.4) is 0 Å². The second-order valence-electron chi connectivity index (χ2n) is 8.63. The maximum absolute atomic E-state index is 11.6. The van der Waals surface area contributed by atoms with Gasteiger partial charge in [-0.15, -0.1) is 0 Å². The van der Waals surface area contributed by atoms with Crippen LogP contribution in [0.15, 0.2) is 24.4 Å². The molecule has 1 aromatic heterocycles. The average molecular weight is 481 g/mol. The predicted molar refractivity (Wildman–Crippen MR) is 141 cm³/mol. The van der Waals surface area contributed by atoms with E-state index in [2.05, 4.69) is 17.2 Å². The number of alkyl carbamates (subject to hydrolysis) is 1. The zero-order chi connectivity index (χ0) is 23.7. The van der Waals surface area contributed by atoms with Gasteiger partial charge in [0.05, 0.1) is 18.8 Å². The molecule has 5 nitrogen and oxygen atoms in total. The summed E-state index contributed by atoms with van der Waals surface area (Å²) in [7, 11) is 0. The molecule has 0 spiro atoms. The van der Waals surface area contributed by atoms with Gasteiger partial charge in [0.25, 0.3) is 0 Å². The maximum Gasteiger partial charge on any atom is 0.407 e. The first-order valence-corrected chi connectivity index (χ1v) is 14.4. The highest BCUT2D eigenvalue weighted by molar-refractivity contribution is 7.99. The molecule has 0 atom stereocenters. The first-order valence-electron chi connectivity index (χ1n) is 13.3. The summed E-state index contributed by atoms with van der Waals surface area (Å²) in [4.78, 5) is 15.8. The Morgan fingerprint density at radius 1 is 0.818 bits per heavy atom. The lowest BCUT2D eigenvalue weighted by Crippen LogP contribution is -2.25. The Bertz CT molecular complexity index is 545. The fourth-order valence-corrected chi connectivity index (χ4v) is 4.27. The van der Waals surface area contributed by atoms with Gasteiger partial charge < -0.3 is 14.8 Å². The molecule has 0 unspecified atom stereocenters. The summed E-state index contributed by atoms with van der Waals surface area (Å²) in [5.74, 6) is 1.73. The van der Waals surface area contributed by atoms with Crippen molar-refractivity contribution >= 4 is 17.9 Å². The normalized spacial score (nSPS) is 10.9. The van der Waals surface area contributed by atoms with Crippen LogP contribution in [0.5, 0.6) is 0 Å². The van der Waals surface area contributed by atoms with Gasteiger partial charge in [-0.2, -0.15) is 11.8 Å². The molecule has 0 bridgehead atoms. The fourth-order valence-electron chi connectivity index (χ4n) is 3.63. The Morgan fingerprint density at radius 3 is 2.03 bits per heavy atom. The zero-order valence-corrected chi connectivity index (χ0v) is 21.8. The second kappa shape index (κ2) is 23.9. The Balaban J connectivity index is 1.70. The van der Waals surface area contributed by atoms with Crippen molar-refractivity contribution in [2.24, 2.45) is 0 Å². The molecule has 0 radical (unpaired) electrons. The Kier molecular flexibility index (Phi) is 21.5. The number of aromatic nitrogens is 1. The Morgan fingerprint density at radius 2 is 1.42 bits per heavy atom. The highest BCUT2D eigenvalue weighted by atomic mass is 32.2. The molecule has 1 amide bonds. The molecule has 0 aliphatic heterocycles. The fraction of sp³-hybridized carbons (Fsp3) is 0.778. The van der Waals surface area contributed by atoms with Crippen LogP contribution in [0.4, 0.5) is 4.79 Å². The number of pyridine rings is 1. The van der Waals surface area contributed by atoms with Crippen molar-refractivity contribution in [3.05, 3.63) is 30.1 Å². The lowest BCUT2D eigenvalue weighted by atomic mass is 10.0. The van der Waals surface area contributed by atoms with Crippen molar-refractivity contribution in [2.45, 2.75) is 103 Å². The van der Waals surface area contributed by atoms with E-state index in [9.17, 15) is 4.79 Å². The molecule has 0 saturated heterocycles. The van der Waals surface area contributed by atoms with E-state index in [1.54, 1.807) is 18.0 Å². The third kappa shape index (κ3) is 21.0. The molecule has 0 aliphatic rings. The Hall–Kier alpha value is -1.27. The predicted octanol–water partition coefficient (Wildman–Crippen LogP) is 7.54. The van der Waals surface area contributed by atoms with Crippen LogP contribution < -0.4 is 5.32 Å². The number of ether oxygens (including phenoxy) is 2. The topological polar surface area (TPSA) is 60.5 Å². The number of rotatable bonds is 23. The van der Waals surface area contributed by atoms with E-state index in [4.69, 9.17) is 9.47 Å². The van der Waals surface area contributed by atoms with E-state index in [1.165, 1.54) is 89.9 Å². The molecule has 0 aliphatic carbocycles. The monoisotopic (exact) mass is 480 g/mol. The molecule has 190 valence electrons. The van der Waals surface area contributed by atoms with Gasteiger partial charge in [0.1, 0.15) is 6.61 Å². The van der Waals surface area contributed by atoms with Crippen molar-refractivity contribution in [1.82, 2.24) is 10.3 Å². The van der Waals surface area contributed by atoms with Crippen LogP contribution in [0.2, 0.25) is 0 Å². The summed E-state index contributed by atoms with van der Waals surface area (Å²) in [5, 5.41) is 2.70. The number of hydrogen-bond acceptors (Lipinski definition) is 5. The lowest BCUT2D eigenvalue weighted by Gasteiger charge is -2.07. The van der Waals surface area contributed by atoms with Gasteiger partial charge in [0.15, 0.2) is 0 Å². The van der Waals surface area contributed by atoms with Crippen molar-refractivity contribution in [1.29, 1.82) is 0 Å². The largest absolute Gasteiger partial charge is 0.449 e. The van der Waals surface area contributed by atoms with Gasteiger partial charge in [-0.05, 0) is 18.6 Å². The minimum Gasteiger partial charge on any atom is -0.449 e. The minimum absolute atomic E-state index is 0.389. The number of hydrogen-bond donors (Lipinski definition) is 1. The van der Waals surface area contributed by atoms with Gasteiger partial charge in [0, 0.05) is 24.3 Å². The molecule has 1 N–H and O–H groups in total. The highest BCUT2D eigenvalue weighted by Crippen LogP contribution is 2.13. The average Bonchev–Trinajstić information content (AvgIpc) is 2.84. The van der Waals surface area contributed by atoms with Crippen molar-refractivity contribution in [3.8, 4) is 0 Å². The lowest BCUT2D eigenvalue weighted by molar-refractivity contribution is 0.145. The van der Waals surface area contributed by atoms with E-state index in [0.717, 1.165) is 30.4 Å². The quantitative estimate of drug-likeness (QED) is 0.164. The smallest absolute Gasteiger partial charge is 0.407 e. The van der Waals surface area contributed by atoms with Crippen LogP contribution in [0.1, 0.15) is 103 Å². The first kappa shape index (κ1) is 29.8. The van der Waals surface area contributed by atoms with Crippen LogP contribution in [-0.4, -0.2) is 42.4 Å². The molecular weight excluding hydrogens is 432 g/mol. The van der Waals surface area contributed by atoms with Crippen molar-refractivity contribution in [2.75, 3.05) is 31.3 Å². The highest BCUT2D eigenvalue weighted by Gasteiger charge is 2.02. The molecule has 33 heavy (non-hydrogen) atoms. The number of amides is 1. The molecule has 0 saturated carbocycles. The van der Waals surface area contributed by atoms with Gasteiger partial charge >= 0.3 is 6.09 Å². The molecule has 6 heteroatoms. The summed E-state index contributed by atoms with van der Waals surface area (Å²) < 4.78 is 10.9. The second-order valence-corrected chi connectivity index (χ2v) is 9.86. The summed E-state index contributed by atoms with van der Waals surface area (Å²) in [6.07, 6.45) is 20.7. The van der Waals surface area contributed by atoms with Gasteiger partial charge in [0.2, 0.25) is 0 Å². The molecule has 1 aromatic rings. The van der Waals surface area contributed by atoms with Crippen LogP contribution in [0.25, 0.3) is 0 Å². The molecule has 1 rings (SSSR count). The van der Waals surface area contributed by atoms with Crippen LogP contribution >= 0.6 is 11.8 Å². The summed E-state index contributed by atoms with van der Waals surface area (Å²) >= 11 is 1.75. The van der Waals surface area contributed by atoms with Crippen molar-refractivity contribution < 1.29 is 14.3 Å². The number of carbonyl (C=O) groups excluding carboxylic acids is 1. The molecule has 0 aromatic carbocycles. The molecule has 1 heterocycles. The van der Waals surface area contributed by atoms with Crippen molar-refractivity contribution in [3.63, 3.8) is 0 Å². The van der Waals surface area contributed by atoms with Crippen LogP contribution in [0, 0.1) is 0 Å². The number of carbonyl (C=O) groups is 1. The zero-order valence-electron chi connectivity index (χ0n) is 21.0. The Labute approximate surface area is 207 Å². The summed E-state index contributed by atoms with van der Waals surface area (Å²) in [6.45, 7) is 4.72. The number of thioether (sulfide) groups is 1. The van der Waals surface area contributed by atoms with Gasteiger partial charge in [-0.3, -0.25) is 4.98 Å². The third-order valence-corrected chi connectivity index (χ3v) is 6.53. The standard InChI is InChI=1S/C27H48N2O3S/c1-2-3-4-5-6-7-8-9-10-11-12-13-14-17-20-31-21-23-33-24-22-32-27(30)29-25-26-18-15-16-19-28-26/h15-16,18-19H,2-14,17,20-25H2,1H3,(H,29,30). The summed E-state index contributed by atoms with van der Waals surface area (Å²) in [5.41, 5.74) is 0.819. The molecule has 0 fully saturated rings. The maximum atomic E-state index is 11.6. The van der Waals surface area contributed by atoms with E-state index < -0.39 is 6.09 Å². The van der Waals surface area contributed by atoms with Gasteiger partial charge in [-0.25, -0.2) is 4.79 Å². The summed E-state index contributed by atoms with van der Waals surface area (Å²) in [6, 6.07) is 5.62. The van der Waals surface area contributed by atoms with E-state index >= 15 is 0 Å². The van der Waals surface area contributed by atoms with Gasteiger partial charge in [-0.1, -0.05) is 96.5 Å². The van der Waals surface area contributed by atoms with Crippen LogP contribution in [-0.2, 0) is 16.0 Å². The van der Waals surface area contributed by atoms with E-state index in [1.807, 2.05) is 18.2 Å². The SMILES string of the molecule is CCCCCCCCCCCCCCCCOCCSCCOC(=O)NCc1ccccn1. The first-order chi connectivity index (χ1) is 16.3. The number of unbranched alkanes of at least 4 members (excludes halogenated alkanes) is 13. The molecular formula is C27H48N2O3S. The third-order valence-electron chi connectivity index (χ3n) is 5.62.